The van der Waals surface area contributed by atoms with Gasteiger partial charge in [0.15, 0.2) is 5.82 Å². The van der Waals surface area contributed by atoms with Gasteiger partial charge < -0.3 is 15.8 Å². The summed E-state index contributed by atoms with van der Waals surface area (Å²) in [5.41, 5.74) is 8.76. The molecule has 10 heteroatoms. The summed E-state index contributed by atoms with van der Waals surface area (Å²) in [5, 5.41) is 13.9. The van der Waals surface area contributed by atoms with Crippen molar-refractivity contribution in [2.24, 2.45) is 5.73 Å². The van der Waals surface area contributed by atoms with Gasteiger partial charge in [-0.05, 0) is 49.1 Å². The molecule has 1 amide bonds. The molecule has 9 nitrogen and oxygen atoms in total. The highest BCUT2D eigenvalue weighted by molar-refractivity contribution is 7.89. The summed E-state index contributed by atoms with van der Waals surface area (Å²) >= 11 is 0. The van der Waals surface area contributed by atoms with E-state index < -0.39 is 10.0 Å². The number of fused-ring (bicyclic) bond motifs is 1. The molecule has 0 aliphatic carbocycles. The van der Waals surface area contributed by atoms with Crippen molar-refractivity contribution in [2.75, 3.05) is 18.5 Å². The number of carbonyl (C=O) groups is 1. The van der Waals surface area contributed by atoms with E-state index in [0.29, 0.717) is 29.2 Å². The number of sulfonamides is 1. The molecule has 4 aromatic rings. The molecule has 0 unspecified atom stereocenters. The molecule has 2 heterocycles. The van der Waals surface area contributed by atoms with E-state index in [1.807, 2.05) is 54.6 Å². The average Bonchev–Trinajstić information content (AvgIpc) is 3.43. The van der Waals surface area contributed by atoms with Crippen molar-refractivity contribution < 1.29 is 17.9 Å². The minimum atomic E-state index is -3.74. The van der Waals surface area contributed by atoms with Crippen LogP contribution in [0, 0.1) is 6.92 Å². The molecule has 4 N–H and O–H groups in total. The third-order valence-electron chi connectivity index (χ3n) is 6.56. The van der Waals surface area contributed by atoms with Crippen LogP contribution in [0.5, 0.6) is 0 Å². The van der Waals surface area contributed by atoms with Crippen LogP contribution in [0.1, 0.15) is 24.0 Å². The Morgan fingerprint density at radius 2 is 1.82 bits per heavy atom. The van der Waals surface area contributed by atoms with Gasteiger partial charge in [-0.25, -0.2) is 13.1 Å². The minimum Gasteiger partial charge on any atom is -0.377 e. The molecule has 1 atom stereocenters. The lowest BCUT2D eigenvalue weighted by Crippen LogP contribution is -2.32. The number of aromatic nitrogens is 2. The molecule has 0 spiro atoms. The molecular formula is C28H29N5O4S. The van der Waals surface area contributed by atoms with E-state index in [2.05, 4.69) is 20.2 Å². The van der Waals surface area contributed by atoms with E-state index in [4.69, 9.17) is 10.5 Å². The maximum absolute atomic E-state index is 13.2. The third-order valence-corrected chi connectivity index (χ3v) is 8.12. The smallest absolute Gasteiger partial charge is 0.240 e. The number of carbonyl (C=O) groups excluding carboxylic acids is 1. The summed E-state index contributed by atoms with van der Waals surface area (Å²) in [6, 6.07) is 20.3. The fraction of sp³-hybridized carbons (Fsp3) is 0.250. The summed E-state index contributed by atoms with van der Waals surface area (Å²) in [6.07, 6.45) is 1.87. The fourth-order valence-electron chi connectivity index (χ4n) is 4.58. The van der Waals surface area contributed by atoms with Crippen molar-refractivity contribution in [1.29, 1.82) is 0 Å². The predicted octanol–water partition coefficient (Wildman–Crippen LogP) is 3.83. The number of nitrogens with one attached hydrogen (secondary N) is 2. The molecule has 0 radical (unpaired) electrons. The highest BCUT2D eigenvalue weighted by atomic mass is 32.2. The zero-order valence-electron chi connectivity index (χ0n) is 21.0. The van der Waals surface area contributed by atoms with Gasteiger partial charge >= 0.3 is 0 Å². The van der Waals surface area contributed by atoms with Crippen LogP contribution in [0.2, 0.25) is 0 Å². The van der Waals surface area contributed by atoms with E-state index in [1.165, 1.54) is 0 Å². The number of benzene rings is 3. The Morgan fingerprint density at radius 1 is 1.05 bits per heavy atom. The third kappa shape index (κ3) is 5.67. The lowest BCUT2D eigenvalue weighted by molar-refractivity contribution is -0.117. The molecule has 0 saturated carbocycles. The van der Waals surface area contributed by atoms with E-state index >= 15 is 0 Å². The molecule has 1 aliphatic rings. The van der Waals surface area contributed by atoms with Crippen molar-refractivity contribution in [2.45, 2.75) is 37.2 Å². The molecule has 1 fully saturated rings. The summed E-state index contributed by atoms with van der Waals surface area (Å²) < 4.78 is 34.6. The Balaban J connectivity index is 1.45. The maximum atomic E-state index is 13.2. The number of ether oxygens (including phenoxy) is 1. The topological polar surface area (TPSA) is 136 Å². The summed E-state index contributed by atoms with van der Waals surface area (Å²) in [4.78, 5) is 11.4. The predicted molar refractivity (Wildman–Crippen MR) is 146 cm³/mol. The van der Waals surface area contributed by atoms with Crippen molar-refractivity contribution in [3.05, 3.63) is 77.9 Å². The van der Waals surface area contributed by atoms with Crippen LogP contribution in [0.3, 0.4) is 0 Å². The molecule has 38 heavy (non-hydrogen) atoms. The number of aryl methyl sites for hydroxylation is 1. The number of nitrogens with zero attached hydrogens (tertiary/aromatic N) is 2. The standard InChI is InChI=1S/C28H29N5O4S/c1-18-8-11-20(16-25(18)38(35,36)30-17-22-5-4-14-37-22)27-23-6-2-3-7-24(23)28(33-32-27)31-21-12-9-19(10-13-21)15-26(29)34/h2-3,6-13,16,22,30H,4-5,14-15,17H2,1H3,(H2,29,34)(H,31,33)/t22-/m1/s1. The molecule has 1 aliphatic heterocycles. The second kappa shape index (κ2) is 10.9. The van der Waals surface area contributed by atoms with Crippen LogP contribution < -0.4 is 15.8 Å². The van der Waals surface area contributed by atoms with Gasteiger partial charge in [0.2, 0.25) is 15.9 Å². The van der Waals surface area contributed by atoms with Crippen molar-refractivity contribution in [1.82, 2.24) is 14.9 Å². The van der Waals surface area contributed by atoms with Crippen molar-refractivity contribution >= 4 is 38.2 Å². The van der Waals surface area contributed by atoms with Gasteiger partial charge in [-0.15, -0.1) is 10.2 Å². The fourth-order valence-corrected chi connectivity index (χ4v) is 5.91. The molecular weight excluding hydrogens is 502 g/mol. The van der Waals surface area contributed by atoms with Crippen LogP contribution in [0.15, 0.2) is 71.6 Å². The molecule has 1 aromatic heterocycles. The Morgan fingerprint density at radius 3 is 2.53 bits per heavy atom. The highest BCUT2D eigenvalue weighted by Gasteiger charge is 2.23. The second-order valence-electron chi connectivity index (χ2n) is 9.38. The Labute approximate surface area is 221 Å². The lowest BCUT2D eigenvalue weighted by Gasteiger charge is -2.15. The summed E-state index contributed by atoms with van der Waals surface area (Å²) in [5.74, 6) is 0.175. The Bertz CT molecular complexity index is 1580. The Hall–Kier alpha value is -3.86. The van der Waals surface area contributed by atoms with Crippen LogP contribution in [-0.4, -0.2) is 43.8 Å². The molecule has 3 aromatic carbocycles. The largest absolute Gasteiger partial charge is 0.377 e. The first kappa shape index (κ1) is 25.8. The summed E-state index contributed by atoms with van der Waals surface area (Å²) in [7, 11) is -3.74. The first-order chi connectivity index (χ1) is 18.3. The number of amides is 1. The molecule has 5 rings (SSSR count). The van der Waals surface area contributed by atoms with Crippen LogP contribution in [-0.2, 0) is 26.0 Å². The van der Waals surface area contributed by atoms with Gasteiger partial charge in [-0.3, -0.25) is 4.79 Å². The summed E-state index contributed by atoms with van der Waals surface area (Å²) in [6.45, 7) is 2.69. The van der Waals surface area contributed by atoms with Gasteiger partial charge in [-0.2, -0.15) is 0 Å². The first-order valence-electron chi connectivity index (χ1n) is 12.4. The van der Waals surface area contributed by atoms with Crippen molar-refractivity contribution in [3.8, 4) is 11.3 Å². The van der Waals surface area contributed by atoms with Gasteiger partial charge in [-0.1, -0.05) is 48.5 Å². The normalized spacial score (nSPS) is 15.6. The first-order valence-corrected chi connectivity index (χ1v) is 13.9. The number of nitrogens with two attached hydrogens (primary N) is 1. The second-order valence-corrected chi connectivity index (χ2v) is 11.1. The SMILES string of the molecule is Cc1ccc(-c2nnc(Nc3ccc(CC(N)=O)cc3)c3ccccc23)cc1S(=O)(=O)NC[C@H]1CCCO1. The number of anilines is 2. The molecule has 196 valence electrons. The zero-order chi connectivity index (χ0) is 26.7. The van der Waals surface area contributed by atoms with Crippen LogP contribution in [0.4, 0.5) is 11.5 Å². The van der Waals surface area contributed by atoms with E-state index in [0.717, 1.165) is 34.9 Å². The van der Waals surface area contributed by atoms with Crippen molar-refractivity contribution in [3.63, 3.8) is 0 Å². The van der Waals surface area contributed by atoms with E-state index in [1.54, 1.807) is 19.1 Å². The number of hydrogen-bond donors (Lipinski definition) is 3. The van der Waals surface area contributed by atoms with Gasteiger partial charge in [0, 0.05) is 35.2 Å². The van der Waals surface area contributed by atoms with Crippen LogP contribution in [0.25, 0.3) is 22.0 Å². The monoisotopic (exact) mass is 531 g/mol. The molecule has 0 bridgehead atoms. The van der Waals surface area contributed by atoms with E-state index in [-0.39, 0.29) is 29.9 Å². The zero-order valence-corrected chi connectivity index (χ0v) is 21.8. The number of hydrogen-bond acceptors (Lipinski definition) is 7. The Kier molecular flexibility index (Phi) is 7.37. The number of primary amides is 1. The highest BCUT2D eigenvalue weighted by Crippen LogP contribution is 2.33. The van der Waals surface area contributed by atoms with Gasteiger partial charge in [0.25, 0.3) is 0 Å². The average molecular weight is 532 g/mol. The quantitative estimate of drug-likeness (QED) is 0.299. The van der Waals surface area contributed by atoms with Gasteiger partial charge in [0.05, 0.1) is 17.4 Å². The maximum Gasteiger partial charge on any atom is 0.240 e. The lowest BCUT2D eigenvalue weighted by atomic mass is 10.0. The molecule has 1 saturated heterocycles. The number of rotatable bonds is 9. The minimum absolute atomic E-state index is 0.0949. The van der Waals surface area contributed by atoms with Crippen LogP contribution >= 0.6 is 0 Å². The van der Waals surface area contributed by atoms with Gasteiger partial charge in [0.1, 0.15) is 5.69 Å². The van der Waals surface area contributed by atoms with E-state index in [9.17, 15) is 13.2 Å².